The quantitative estimate of drug-likeness (QED) is 0.283. The van der Waals surface area contributed by atoms with E-state index in [1.165, 1.54) is 18.2 Å². The summed E-state index contributed by atoms with van der Waals surface area (Å²) in [7, 11) is -4.55. The molecule has 0 saturated heterocycles. The van der Waals surface area contributed by atoms with Gasteiger partial charge < -0.3 is 9.97 Å². The molecule has 2 heterocycles. The lowest BCUT2D eigenvalue weighted by Gasteiger charge is -2.12. The molecule has 0 radical (unpaired) electrons. The number of hydrogen-bond donors (Lipinski definition) is 3. The molecule has 5 rings (SSSR count). The molecule has 0 saturated carbocycles. The molecule has 0 atom stereocenters. The Kier molecular flexibility index (Phi) is 3.71. The number of pyridine rings is 2. The van der Waals surface area contributed by atoms with Crippen LogP contribution in [0.4, 0.5) is 0 Å². The van der Waals surface area contributed by atoms with Gasteiger partial charge in [0.25, 0.3) is 10.1 Å². The minimum Gasteiger partial charge on any atom is -0.354 e. The molecule has 5 aromatic rings. The van der Waals surface area contributed by atoms with Crippen LogP contribution >= 0.6 is 0 Å². The lowest BCUT2D eigenvalue weighted by Crippen LogP contribution is -2.12. The van der Waals surface area contributed by atoms with Crippen LogP contribution in [0.15, 0.2) is 56.9 Å². The Morgan fingerprint density at radius 1 is 0.800 bits per heavy atom. The Hall–Kier alpha value is -3.49. The molecule has 3 aromatic carbocycles. The van der Waals surface area contributed by atoms with Crippen LogP contribution in [0.1, 0.15) is 11.1 Å². The van der Waals surface area contributed by atoms with Crippen molar-refractivity contribution in [3.05, 3.63) is 74.0 Å². The van der Waals surface area contributed by atoms with E-state index in [2.05, 4.69) is 9.97 Å². The van der Waals surface area contributed by atoms with Gasteiger partial charge in [0, 0.05) is 21.7 Å². The van der Waals surface area contributed by atoms with Crippen molar-refractivity contribution in [2.45, 2.75) is 18.7 Å². The van der Waals surface area contributed by atoms with Gasteiger partial charge in [0.2, 0.25) is 0 Å². The van der Waals surface area contributed by atoms with Gasteiger partial charge in [-0.05, 0) is 55.3 Å². The van der Waals surface area contributed by atoms with Crippen molar-refractivity contribution in [3.8, 4) is 0 Å². The van der Waals surface area contributed by atoms with E-state index >= 15 is 0 Å². The van der Waals surface area contributed by atoms with Crippen LogP contribution in [0.3, 0.4) is 0 Å². The van der Waals surface area contributed by atoms with Gasteiger partial charge in [0.05, 0.1) is 21.9 Å². The lowest BCUT2D eigenvalue weighted by molar-refractivity contribution is 0.484. The van der Waals surface area contributed by atoms with Gasteiger partial charge in [-0.2, -0.15) is 8.42 Å². The summed E-state index contributed by atoms with van der Waals surface area (Å²) >= 11 is 0. The summed E-state index contributed by atoms with van der Waals surface area (Å²) in [4.78, 5) is 32.2. The second-order valence-electron chi connectivity index (χ2n) is 7.46. The number of H-pyrrole nitrogens is 2. The molecule has 0 spiro atoms. The van der Waals surface area contributed by atoms with E-state index in [1.54, 1.807) is 19.1 Å². The fourth-order valence-corrected chi connectivity index (χ4v) is 4.79. The molecule has 0 bridgehead atoms. The summed E-state index contributed by atoms with van der Waals surface area (Å²) in [5.41, 5.74) is 2.52. The second kappa shape index (κ2) is 6.01. The first kappa shape index (κ1) is 18.5. The normalized spacial score (nSPS) is 12.4. The third-order valence-corrected chi connectivity index (χ3v) is 6.43. The van der Waals surface area contributed by atoms with Crippen LogP contribution in [0.25, 0.3) is 43.6 Å². The SMILES string of the molecule is Cc1ccc2c(=O)c3c(C)c4[nH]c5c(S(=O)(=O)O)cccc5c(=O)c4cc3[nH]c2c1. The summed E-state index contributed by atoms with van der Waals surface area (Å²) < 4.78 is 33.2. The van der Waals surface area contributed by atoms with Crippen LogP contribution in [0.5, 0.6) is 0 Å². The molecule has 3 N–H and O–H groups in total. The summed E-state index contributed by atoms with van der Waals surface area (Å²) in [6.07, 6.45) is 0. The Bertz CT molecular complexity index is 1780. The minimum absolute atomic E-state index is 0.00722. The molecule has 7 nitrogen and oxygen atoms in total. The molecular weight excluding hydrogens is 404 g/mol. The van der Waals surface area contributed by atoms with Crippen LogP contribution in [-0.2, 0) is 10.1 Å². The highest BCUT2D eigenvalue weighted by Crippen LogP contribution is 2.28. The minimum atomic E-state index is -4.55. The van der Waals surface area contributed by atoms with Crippen molar-refractivity contribution >= 4 is 53.7 Å². The van der Waals surface area contributed by atoms with E-state index in [0.29, 0.717) is 38.3 Å². The maximum Gasteiger partial charge on any atom is 0.296 e. The average molecular weight is 420 g/mol. The lowest BCUT2D eigenvalue weighted by atomic mass is 10.00. The first-order valence-corrected chi connectivity index (χ1v) is 10.6. The Morgan fingerprint density at radius 3 is 2.30 bits per heavy atom. The molecule has 30 heavy (non-hydrogen) atoms. The fourth-order valence-electron chi connectivity index (χ4n) is 4.12. The zero-order chi connectivity index (χ0) is 21.4. The van der Waals surface area contributed by atoms with Crippen molar-refractivity contribution in [1.29, 1.82) is 0 Å². The highest BCUT2D eigenvalue weighted by Gasteiger charge is 2.19. The Morgan fingerprint density at radius 2 is 1.57 bits per heavy atom. The van der Waals surface area contributed by atoms with Crippen LogP contribution in [-0.4, -0.2) is 22.9 Å². The van der Waals surface area contributed by atoms with E-state index < -0.39 is 10.1 Å². The van der Waals surface area contributed by atoms with Gasteiger partial charge >= 0.3 is 0 Å². The fraction of sp³-hybridized carbons (Fsp3) is 0.0909. The maximum atomic E-state index is 13.2. The molecular formula is C22H16N2O5S. The van der Waals surface area contributed by atoms with E-state index in [1.807, 2.05) is 19.1 Å². The molecule has 2 aromatic heterocycles. The zero-order valence-electron chi connectivity index (χ0n) is 16.0. The van der Waals surface area contributed by atoms with Gasteiger partial charge in [-0.25, -0.2) is 0 Å². The maximum absolute atomic E-state index is 13.2. The highest BCUT2D eigenvalue weighted by atomic mass is 32.2. The largest absolute Gasteiger partial charge is 0.354 e. The zero-order valence-corrected chi connectivity index (χ0v) is 16.8. The molecule has 0 amide bonds. The standard InChI is InChI=1S/C22H16N2O5S/c1-10-6-7-12-15(8-10)23-16-9-14-19(11(2)18(16)22(12)26)24-20-13(21(14)25)4-3-5-17(20)30(27,28)29/h3-9H,1-2H3,(H,23,26)(H,24,25)(H,27,28,29). The molecule has 0 unspecified atom stereocenters. The van der Waals surface area contributed by atoms with Gasteiger partial charge in [0.15, 0.2) is 10.9 Å². The van der Waals surface area contributed by atoms with Crippen molar-refractivity contribution in [2.24, 2.45) is 0 Å². The van der Waals surface area contributed by atoms with Crippen LogP contribution < -0.4 is 10.9 Å². The van der Waals surface area contributed by atoms with E-state index in [0.717, 1.165) is 5.56 Å². The van der Waals surface area contributed by atoms with E-state index in [-0.39, 0.29) is 26.7 Å². The number of hydrogen-bond acceptors (Lipinski definition) is 4. The first-order valence-electron chi connectivity index (χ1n) is 9.19. The Labute approximate surface area is 169 Å². The number of benzene rings is 3. The number of aromatic nitrogens is 2. The van der Waals surface area contributed by atoms with E-state index in [9.17, 15) is 22.6 Å². The summed E-state index contributed by atoms with van der Waals surface area (Å²) in [6.45, 7) is 3.63. The summed E-state index contributed by atoms with van der Waals surface area (Å²) in [6, 6.07) is 11.2. The third-order valence-electron chi connectivity index (χ3n) is 5.54. The molecule has 150 valence electrons. The van der Waals surface area contributed by atoms with Crippen molar-refractivity contribution in [3.63, 3.8) is 0 Å². The smallest absolute Gasteiger partial charge is 0.296 e. The molecule has 0 aliphatic carbocycles. The van der Waals surface area contributed by atoms with Gasteiger partial charge in [0.1, 0.15) is 4.90 Å². The van der Waals surface area contributed by atoms with Crippen molar-refractivity contribution in [1.82, 2.24) is 9.97 Å². The van der Waals surface area contributed by atoms with Crippen molar-refractivity contribution in [2.75, 3.05) is 0 Å². The van der Waals surface area contributed by atoms with E-state index in [4.69, 9.17) is 0 Å². The van der Waals surface area contributed by atoms with Gasteiger partial charge in [-0.15, -0.1) is 0 Å². The predicted molar refractivity (Wildman–Crippen MR) is 117 cm³/mol. The van der Waals surface area contributed by atoms with Crippen molar-refractivity contribution < 1.29 is 13.0 Å². The molecule has 0 aliphatic rings. The second-order valence-corrected chi connectivity index (χ2v) is 8.85. The van der Waals surface area contributed by atoms with Gasteiger partial charge in [-0.1, -0.05) is 12.1 Å². The summed E-state index contributed by atoms with van der Waals surface area (Å²) in [5, 5.41) is 1.40. The number of nitrogens with one attached hydrogen (secondary N) is 2. The van der Waals surface area contributed by atoms with Crippen LogP contribution in [0.2, 0.25) is 0 Å². The third kappa shape index (κ3) is 2.51. The predicted octanol–water partition coefficient (Wildman–Crippen LogP) is 3.54. The van der Waals surface area contributed by atoms with Gasteiger partial charge in [-0.3, -0.25) is 14.1 Å². The number of rotatable bonds is 1. The number of aryl methyl sites for hydroxylation is 2. The first-order chi connectivity index (χ1) is 14.2. The summed E-state index contributed by atoms with van der Waals surface area (Å²) in [5.74, 6) is 0. The average Bonchev–Trinajstić information content (AvgIpc) is 2.68. The number of aromatic amines is 2. The Balaban J connectivity index is 2.06. The number of fused-ring (bicyclic) bond motifs is 4. The highest BCUT2D eigenvalue weighted by molar-refractivity contribution is 7.86. The molecule has 0 aliphatic heterocycles. The molecule has 8 heteroatoms. The number of para-hydroxylation sites is 1. The van der Waals surface area contributed by atoms with Crippen LogP contribution in [0, 0.1) is 13.8 Å². The molecule has 0 fully saturated rings. The monoisotopic (exact) mass is 420 g/mol. The topological polar surface area (TPSA) is 120 Å².